The monoisotopic (exact) mass is 476 g/mol. The number of benzene rings is 2. The lowest BCUT2D eigenvalue weighted by Gasteiger charge is -2.45. The molecule has 30 heavy (non-hydrogen) atoms. The molecule has 4 nitrogen and oxygen atoms in total. The lowest BCUT2D eigenvalue weighted by Crippen LogP contribution is -2.55. The van der Waals surface area contributed by atoms with E-state index < -0.39 is 0 Å². The van der Waals surface area contributed by atoms with Crippen LogP contribution in [-0.2, 0) is 13.2 Å². The highest BCUT2D eigenvalue weighted by Crippen LogP contribution is 2.37. The van der Waals surface area contributed by atoms with Gasteiger partial charge in [0.2, 0.25) is 0 Å². The van der Waals surface area contributed by atoms with Gasteiger partial charge in [0, 0.05) is 24.7 Å². The van der Waals surface area contributed by atoms with Gasteiger partial charge in [-0.1, -0.05) is 29.8 Å². The third-order valence-electron chi connectivity index (χ3n) is 5.84. The molecule has 2 aromatic rings. The number of hydrogen-bond acceptors (Lipinski definition) is 4. The van der Waals surface area contributed by atoms with E-state index in [-0.39, 0.29) is 37.2 Å². The zero-order chi connectivity index (χ0) is 19.5. The summed E-state index contributed by atoms with van der Waals surface area (Å²) in [6.07, 6.45) is 2.56. The van der Waals surface area contributed by atoms with E-state index in [1.54, 1.807) is 25.3 Å². The fourth-order valence-electron chi connectivity index (χ4n) is 4.23. The summed E-state index contributed by atoms with van der Waals surface area (Å²) in [5.74, 6) is 1.48. The molecule has 166 valence electrons. The van der Waals surface area contributed by atoms with Crippen molar-refractivity contribution in [3.63, 3.8) is 0 Å². The Kier molecular flexibility index (Phi) is 9.51. The molecular formula is C22H28Cl3FN2O2. The Bertz CT molecular complexity index is 832. The molecule has 3 saturated heterocycles. The van der Waals surface area contributed by atoms with E-state index in [4.69, 9.17) is 21.1 Å². The molecule has 0 amide bonds. The first kappa shape index (κ1) is 25.0. The number of rotatable bonds is 7. The maximum absolute atomic E-state index is 13.8. The van der Waals surface area contributed by atoms with Crippen molar-refractivity contribution in [2.75, 3.05) is 26.7 Å². The molecule has 0 radical (unpaired) electrons. The van der Waals surface area contributed by atoms with Gasteiger partial charge in [-0.25, -0.2) is 4.39 Å². The summed E-state index contributed by atoms with van der Waals surface area (Å²) in [5, 5.41) is 4.16. The van der Waals surface area contributed by atoms with Crippen molar-refractivity contribution < 1.29 is 13.9 Å². The molecule has 3 heterocycles. The van der Waals surface area contributed by atoms with Gasteiger partial charge >= 0.3 is 0 Å². The van der Waals surface area contributed by atoms with Crippen LogP contribution in [0.4, 0.5) is 4.39 Å². The van der Waals surface area contributed by atoms with E-state index in [0.717, 1.165) is 24.6 Å². The van der Waals surface area contributed by atoms with Crippen molar-refractivity contribution in [1.29, 1.82) is 0 Å². The molecule has 2 bridgehead atoms. The number of fused-ring (bicyclic) bond motifs is 3. The van der Waals surface area contributed by atoms with Gasteiger partial charge in [0.25, 0.3) is 0 Å². The molecule has 0 aromatic heterocycles. The van der Waals surface area contributed by atoms with Crippen LogP contribution in [0.5, 0.6) is 11.5 Å². The Balaban J connectivity index is 0.00000160. The van der Waals surface area contributed by atoms with Gasteiger partial charge in [0.05, 0.1) is 12.1 Å². The zero-order valence-corrected chi connectivity index (χ0v) is 19.3. The fraction of sp³-hybridized carbons (Fsp3) is 0.455. The summed E-state index contributed by atoms with van der Waals surface area (Å²) in [5.41, 5.74) is 1.53. The van der Waals surface area contributed by atoms with Crippen molar-refractivity contribution in [3.05, 3.63) is 58.4 Å². The second kappa shape index (κ2) is 11.4. The Hall–Kier alpha value is -1.24. The largest absolute Gasteiger partial charge is 0.493 e. The minimum Gasteiger partial charge on any atom is -0.493 e. The Morgan fingerprint density at radius 1 is 1.17 bits per heavy atom. The molecule has 0 spiro atoms. The smallest absolute Gasteiger partial charge is 0.180 e. The highest BCUT2D eigenvalue weighted by Gasteiger charge is 2.33. The molecule has 3 aliphatic heterocycles. The first-order chi connectivity index (χ1) is 13.6. The van der Waals surface area contributed by atoms with E-state index >= 15 is 0 Å². The molecule has 3 fully saturated rings. The number of nitrogens with zero attached hydrogens (tertiary/aromatic N) is 1. The van der Waals surface area contributed by atoms with Crippen molar-refractivity contribution in [2.45, 2.75) is 32.0 Å². The Labute approximate surface area is 194 Å². The third kappa shape index (κ3) is 5.71. The molecule has 0 aliphatic carbocycles. The quantitative estimate of drug-likeness (QED) is 0.602. The standard InChI is InChI=1S/C22H26ClFN2O2.2ClH/c1-27-21-11-15(12-25-20-13-26-8-6-16(20)7-9-26)10-18(23)22(21)28-14-17-4-2-3-5-19(17)24;;/h2-5,10-11,16,20,25H,6-9,12-14H2,1H3;2*1H. The molecule has 3 aliphatic rings. The van der Waals surface area contributed by atoms with Gasteiger partial charge in [0.1, 0.15) is 12.4 Å². The number of hydrogen-bond donors (Lipinski definition) is 1. The van der Waals surface area contributed by atoms with Crippen molar-refractivity contribution >= 4 is 36.4 Å². The number of methoxy groups -OCH3 is 1. The maximum Gasteiger partial charge on any atom is 0.180 e. The summed E-state index contributed by atoms with van der Waals surface area (Å²) < 4.78 is 25.1. The van der Waals surface area contributed by atoms with E-state index in [0.29, 0.717) is 28.1 Å². The summed E-state index contributed by atoms with van der Waals surface area (Å²) in [4.78, 5) is 2.53. The number of nitrogens with one attached hydrogen (secondary N) is 1. The van der Waals surface area contributed by atoms with Gasteiger partial charge in [-0.2, -0.15) is 0 Å². The Morgan fingerprint density at radius 2 is 1.90 bits per heavy atom. The van der Waals surface area contributed by atoms with Crippen molar-refractivity contribution in [2.24, 2.45) is 5.92 Å². The summed E-state index contributed by atoms with van der Waals surface area (Å²) >= 11 is 6.47. The van der Waals surface area contributed by atoms with Crippen LogP contribution in [0.3, 0.4) is 0 Å². The number of ether oxygens (including phenoxy) is 2. The minimum atomic E-state index is -0.295. The predicted molar refractivity (Wildman–Crippen MR) is 123 cm³/mol. The van der Waals surface area contributed by atoms with Gasteiger partial charge in [-0.15, -0.1) is 24.8 Å². The lowest BCUT2D eigenvalue weighted by atomic mass is 9.84. The van der Waals surface area contributed by atoms with Crippen molar-refractivity contribution in [1.82, 2.24) is 10.2 Å². The van der Waals surface area contributed by atoms with Crippen LogP contribution in [-0.4, -0.2) is 37.7 Å². The first-order valence-electron chi connectivity index (χ1n) is 9.82. The molecule has 5 rings (SSSR count). The van der Waals surface area contributed by atoms with Gasteiger partial charge in [-0.05, 0) is 55.6 Å². The topological polar surface area (TPSA) is 33.7 Å². The molecule has 1 atom stereocenters. The summed E-state index contributed by atoms with van der Waals surface area (Å²) in [7, 11) is 1.59. The van der Waals surface area contributed by atoms with Crippen LogP contribution in [0.15, 0.2) is 36.4 Å². The van der Waals surface area contributed by atoms with Crippen LogP contribution < -0.4 is 14.8 Å². The highest BCUT2D eigenvalue weighted by molar-refractivity contribution is 6.32. The second-order valence-corrected chi connectivity index (χ2v) is 8.02. The molecule has 8 heteroatoms. The highest BCUT2D eigenvalue weighted by atomic mass is 35.5. The van der Waals surface area contributed by atoms with Gasteiger partial charge in [-0.3, -0.25) is 0 Å². The van der Waals surface area contributed by atoms with E-state index in [1.807, 2.05) is 12.1 Å². The van der Waals surface area contributed by atoms with Crippen molar-refractivity contribution in [3.8, 4) is 11.5 Å². The van der Waals surface area contributed by atoms with Crippen LogP contribution in [0.25, 0.3) is 0 Å². The molecule has 0 saturated carbocycles. The molecule has 2 aromatic carbocycles. The molecule has 1 unspecified atom stereocenters. The maximum atomic E-state index is 13.8. The van der Waals surface area contributed by atoms with Crippen LogP contribution in [0.2, 0.25) is 5.02 Å². The number of piperidine rings is 3. The normalized spacial score (nSPS) is 22.0. The average Bonchev–Trinajstić information content (AvgIpc) is 2.73. The summed E-state index contributed by atoms with van der Waals surface area (Å²) in [6, 6.07) is 10.9. The van der Waals surface area contributed by atoms with E-state index in [1.165, 1.54) is 32.0 Å². The molecule has 1 N–H and O–H groups in total. The average molecular weight is 478 g/mol. The van der Waals surface area contributed by atoms with Crippen LogP contribution in [0.1, 0.15) is 24.0 Å². The fourth-order valence-corrected chi connectivity index (χ4v) is 4.51. The molecular weight excluding hydrogens is 450 g/mol. The van der Waals surface area contributed by atoms with Crippen LogP contribution in [0, 0.1) is 11.7 Å². The Morgan fingerprint density at radius 3 is 2.53 bits per heavy atom. The van der Waals surface area contributed by atoms with E-state index in [9.17, 15) is 4.39 Å². The SMILES string of the molecule is COc1cc(CNC2CN3CCC2CC3)cc(Cl)c1OCc1ccccc1F.Cl.Cl. The second-order valence-electron chi connectivity index (χ2n) is 7.61. The third-order valence-corrected chi connectivity index (χ3v) is 6.12. The predicted octanol–water partition coefficient (Wildman–Crippen LogP) is 5.09. The van der Waals surface area contributed by atoms with E-state index in [2.05, 4.69) is 10.2 Å². The van der Waals surface area contributed by atoms with Crippen LogP contribution >= 0.6 is 36.4 Å². The summed E-state index contributed by atoms with van der Waals surface area (Å²) in [6.45, 7) is 4.42. The lowest BCUT2D eigenvalue weighted by molar-refractivity contribution is 0.0720. The first-order valence-corrected chi connectivity index (χ1v) is 10.2. The minimum absolute atomic E-state index is 0. The number of halogens is 4. The van der Waals surface area contributed by atoms with Gasteiger partial charge in [0.15, 0.2) is 11.5 Å². The van der Waals surface area contributed by atoms with Gasteiger partial charge < -0.3 is 19.7 Å². The zero-order valence-electron chi connectivity index (χ0n) is 16.9.